The zero-order valence-corrected chi connectivity index (χ0v) is 15.6. The third-order valence-electron chi connectivity index (χ3n) is 4.30. The molecule has 1 aromatic rings. The van der Waals surface area contributed by atoms with Crippen LogP contribution in [0.15, 0.2) is 18.2 Å². The van der Waals surface area contributed by atoms with Crippen LogP contribution >= 0.6 is 23.2 Å². The first-order valence-electron chi connectivity index (χ1n) is 8.51. The largest absolute Gasteiger partial charge is 0.481 e. The average molecular weight is 388 g/mol. The van der Waals surface area contributed by atoms with Crippen LogP contribution in [-0.2, 0) is 20.9 Å². The molecule has 7 heteroatoms. The molecule has 5 nitrogen and oxygen atoms in total. The molecule has 0 aromatic heterocycles. The SMILES string of the molecule is O=C(O)CCCCC(=O)N1CCC(OCc2ccc(Cl)c(Cl)c2)CC1. The van der Waals surface area contributed by atoms with Crippen molar-refractivity contribution in [1.82, 2.24) is 4.90 Å². The number of hydrogen-bond donors (Lipinski definition) is 1. The van der Waals surface area contributed by atoms with Crippen LogP contribution in [-0.4, -0.2) is 41.1 Å². The van der Waals surface area contributed by atoms with Gasteiger partial charge in [0.1, 0.15) is 0 Å². The molecule has 0 spiro atoms. The van der Waals surface area contributed by atoms with Gasteiger partial charge in [-0.3, -0.25) is 9.59 Å². The molecule has 1 aromatic carbocycles. The van der Waals surface area contributed by atoms with Crippen LogP contribution in [0.5, 0.6) is 0 Å². The zero-order chi connectivity index (χ0) is 18.2. The number of carboxylic acids is 1. The number of nitrogens with zero attached hydrogens (tertiary/aromatic N) is 1. The summed E-state index contributed by atoms with van der Waals surface area (Å²) in [6.07, 6.45) is 3.46. The number of ether oxygens (including phenoxy) is 1. The highest BCUT2D eigenvalue weighted by Gasteiger charge is 2.23. The molecule has 1 aliphatic rings. The van der Waals surface area contributed by atoms with Crippen molar-refractivity contribution in [1.29, 1.82) is 0 Å². The minimum Gasteiger partial charge on any atom is -0.481 e. The smallest absolute Gasteiger partial charge is 0.303 e. The summed E-state index contributed by atoms with van der Waals surface area (Å²) in [5.74, 6) is -0.708. The molecule has 0 radical (unpaired) electrons. The molecule has 0 unspecified atom stereocenters. The fourth-order valence-electron chi connectivity index (χ4n) is 2.83. The summed E-state index contributed by atoms with van der Waals surface area (Å²) in [4.78, 5) is 24.4. The second-order valence-corrected chi connectivity index (χ2v) is 7.05. The van der Waals surface area contributed by atoms with E-state index in [1.54, 1.807) is 12.1 Å². The van der Waals surface area contributed by atoms with E-state index in [2.05, 4.69) is 0 Å². The molecule has 1 aliphatic heterocycles. The van der Waals surface area contributed by atoms with Crippen LogP contribution in [0, 0.1) is 0 Å². The summed E-state index contributed by atoms with van der Waals surface area (Å²) in [7, 11) is 0. The van der Waals surface area contributed by atoms with Gasteiger partial charge in [-0.15, -0.1) is 0 Å². The Balaban J connectivity index is 1.66. The second-order valence-electron chi connectivity index (χ2n) is 6.24. The summed E-state index contributed by atoms with van der Waals surface area (Å²) >= 11 is 11.9. The molecule has 138 valence electrons. The van der Waals surface area contributed by atoms with E-state index < -0.39 is 5.97 Å². The monoisotopic (exact) mass is 387 g/mol. The van der Waals surface area contributed by atoms with Gasteiger partial charge in [0.2, 0.25) is 5.91 Å². The lowest BCUT2D eigenvalue weighted by molar-refractivity contribution is -0.138. The van der Waals surface area contributed by atoms with Gasteiger partial charge in [0.05, 0.1) is 22.8 Å². The predicted octanol–water partition coefficient (Wildman–Crippen LogP) is 4.15. The highest BCUT2D eigenvalue weighted by molar-refractivity contribution is 6.42. The highest BCUT2D eigenvalue weighted by Crippen LogP contribution is 2.24. The first-order valence-corrected chi connectivity index (χ1v) is 9.26. The molecule has 0 bridgehead atoms. The van der Waals surface area contributed by atoms with Gasteiger partial charge >= 0.3 is 5.97 Å². The van der Waals surface area contributed by atoms with Gasteiger partial charge in [-0.25, -0.2) is 0 Å². The van der Waals surface area contributed by atoms with Crippen LogP contribution in [0.4, 0.5) is 0 Å². The third kappa shape index (κ3) is 6.84. The van der Waals surface area contributed by atoms with Crippen molar-refractivity contribution >= 4 is 35.1 Å². The number of benzene rings is 1. The maximum Gasteiger partial charge on any atom is 0.303 e. The van der Waals surface area contributed by atoms with E-state index in [0.717, 1.165) is 18.4 Å². The maximum absolute atomic E-state index is 12.1. The molecular weight excluding hydrogens is 365 g/mol. The van der Waals surface area contributed by atoms with Crippen molar-refractivity contribution in [3.63, 3.8) is 0 Å². The Morgan fingerprint density at radius 2 is 1.80 bits per heavy atom. The van der Waals surface area contributed by atoms with Gasteiger partial charge in [-0.2, -0.15) is 0 Å². The van der Waals surface area contributed by atoms with E-state index in [4.69, 9.17) is 33.0 Å². The number of carboxylic acid groups (broad SMARTS) is 1. The lowest BCUT2D eigenvalue weighted by Crippen LogP contribution is -2.40. The summed E-state index contributed by atoms with van der Waals surface area (Å²) < 4.78 is 5.91. The first kappa shape index (κ1) is 20.0. The number of unbranched alkanes of at least 4 members (excludes halogenated alkanes) is 1. The highest BCUT2D eigenvalue weighted by atomic mass is 35.5. The van der Waals surface area contributed by atoms with E-state index in [9.17, 15) is 9.59 Å². The number of rotatable bonds is 8. The minimum atomic E-state index is -0.813. The Kier molecular flexibility index (Phi) is 8.00. The number of aliphatic carboxylic acids is 1. The molecule has 0 saturated carbocycles. The topological polar surface area (TPSA) is 66.8 Å². The molecule has 1 heterocycles. The fraction of sp³-hybridized carbons (Fsp3) is 0.556. The Hall–Kier alpha value is -1.30. The molecule has 0 atom stereocenters. The van der Waals surface area contributed by atoms with Crippen molar-refractivity contribution in [2.45, 2.75) is 51.2 Å². The summed E-state index contributed by atoms with van der Waals surface area (Å²) in [6, 6.07) is 5.46. The second kappa shape index (κ2) is 10.00. The summed E-state index contributed by atoms with van der Waals surface area (Å²) in [5, 5.41) is 9.64. The van der Waals surface area contributed by atoms with Gasteiger partial charge in [-0.1, -0.05) is 29.3 Å². The van der Waals surface area contributed by atoms with Crippen molar-refractivity contribution < 1.29 is 19.4 Å². The molecule has 1 N–H and O–H groups in total. The normalized spacial score (nSPS) is 15.4. The van der Waals surface area contributed by atoms with Crippen LogP contribution in [0.3, 0.4) is 0 Å². The number of hydrogen-bond acceptors (Lipinski definition) is 3. The standard InChI is InChI=1S/C18H23Cl2NO4/c19-15-6-5-13(11-16(15)20)12-25-14-7-9-21(10-8-14)17(22)3-1-2-4-18(23)24/h5-6,11,14H,1-4,7-10,12H2,(H,23,24). The molecule has 2 rings (SSSR count). The third-order valence-corrected chi connectivity index (χ3v) is 5.03. The number of amides is 1. The lowest BCUT2D eigenvalue weighted by atomic mass is 10.1. The van der Waals surface area contributed by atoms with Gasteiger partial charge in [0.25, 0.3) is 0 Å². The molecule has 0 aliphatic carbocycles. The number of carbonyl (C=O) groups excluding carboxylic acids is 1. The van der Waals surface area contributed by atoms with Crippen molar-refractivity contribution in [3.05, 3.63) is 33.8 Å². The van der Waals surface area contributed by atoms with Gasteiger partial charge in [0, 0.05) is 25.9 Å². The van der Waals surface area contributed by atoms with Crippen molar-refractivity contribution in [3.8, 4) is 0 Å². The van der Waals surface area contributed by atoms with Crippen molar-refractivity contribution in [2.24, 2.45) is 0 Å². The summed E-state index contributed by atoms with van der Waals surface area (Å²) in [5.41, 5.74) is 0.978. The molecular formula is C18H23Cl2NO4. The Morgan fingerprint density at radius 3 is 2.44 bits per heavy atom. The predicted molar refractivity (Wildman–Crippen MR) is 97.0 cm³/mol. The Bertz CT molecular complexity index is 601. The Labute approximate surface area is 157 Å². The van der Waals surface area contributed by atoms with E-state index in [-0.39, 0.29) is 18.4 Å². The van der Waals surface area contributed by atoms with E-state index in [0.29, 0.717) is 49.0 Å². The molecule has 1 amide bonds. The van der Waals surface area contributed by atoms with Crippen LogP contribution < -0.4 is 0 Å². The molecule has 1 fully saturated rings. The van der Waals surface area contributed by atoms with Crippen LogP contribution in [0.25, 0.3) is 0 Å². The maximum atomic E-state index is 12.1. The molecule has 1 saturated heterocycles. The van der Waals surface area contributed by atoms with Gasteiger partial charge in [0.15, 0.2) is 0 Å². The quantitative estimate of drug-likeness (QED) is 0.680. The van der Waals surface area contributed by atoms with Gasteiger partial charge < -0.3 is 14.7 Å². The van der Waals surface area contributed by atoms with E-state index in [1.807, 2.05) is 11.0 Å². The Morgan fingerprint density at radius 1 is 1.12 bits per heavy atom. The summed E-state index contributed by atoms with van der Waals surface area (Å²) in [6.45, 7) is 1.85. The van der Waals surface area contributed by atoms with Crippen LogP contribution in [0.1, 0.15) is 44.1 Å². The van der Waals surface area contributed by atoms with E-state index >= 15 is 0 Å². The van der Waals surface area contributed by atoms with E-state index in [1.165, 1.54) is 0 Å². The van der Waals surface area contributed by atoms with Gasteiger partial charge in [-0.05, 0) is 43.4 Å². The zero-order valence-electron chi connectivity index (χ0n) is 14.0. The number of piperidine rings is 1. The average Bonchev–Trinajstić information content (AvgIpc) is 2.60. The number of likely N-dealkylation sites (tertiary alicyclic amines) is 1. The minimum absolute atomic E-state index is 0.105. The number of halogens is 2. The van der Waals surface area contributed by atoms with Crippen LogP contribution in [0.2, 0.25) is 10.0 Å². The first-order chi connectivity index (χ1) is 12.0. The lowest BCUT2D eigenvalue weighted by Gasteiger charge is -2.32. The molecule has 25 heavy (non-hydrogen) atoms. The fourth-order valence-corrected chi connectivity index (χ4v) is 3.15. The number of carbonyl (C=O) groups is 2. The van der Waals surface area contributed by atoms with Crippen molar-refractivity contribution in [2.75, 3.05) is 13.1 Å².